The van der Waals surface area contributed by atoms with Crippen LogP contribution < -0.4 is 5.56 Å². The lowest BCUT2D eigenvalue weighted by molar-refractivity contribution is 0.0697. The highest BCUT2D eigenvalue weighted by Crippen LogP contribution is 2.15. The van der Waals surface area contributed by atoms with Crippen molar-refractivity contribution in [2.45, 2.75) is 20.3 Å². The summed E-state index contributed by atoms with van der Waals surface area (Å²) in [6, 6.07) is 10.5. The van der Waals surface area contributed by atoms with Crippen molar-refractivity contribution in [1.82, 2.24) is 9.97 Å². The van der Waals surface area contributed by atoms with Crippen LogP contribution in [0.15, 0.2) is 41.2 Å². The summed E-state index contributed by atoms with van der Waals surface area (Å²) < 4.78 is 0. The molecule has 0 saturated carbocycles. The molecule has 2 N–H and O–H groups in total. The Labute approximate surface area is 132 Å². The van der Waals surface area contributed by atoms with E-state index in [1.807, 2.05) is 26.0 Å². The van der Waals surface area contributed by atoms with Crippen LogP contribution in [0.4, 0.5) is 0 Å². The zero-order chi connectivity index (χ0) is 16.6. The van der Waals surface area contributed by atoms with Crippen molar-refractivity contribution in [3.63, 3.8) is 0 Å². The van der Waals surface area contributed by atoms with E-state index in [2.05, 4.69) is 16.0 Å². The average molecular weight is 308 g/mol. The van der Waals surface area contributed by atoms with Crippen LogP contribution in [0, 0.1) is 13.8 Å². The standard InChI is InChI=1S/C18H16N2O3/c1-10-3-4-11(2)13(7-10)9-16-19-15-8-12(18(22)23)5-6-14(15)17(21)20-16/h3-8H,9H2,1-2H3,(H,22,23)(H,19,20,21). The molecule has 0 aliphatic heterocycles. The van der Waals surface area contributed by atoms with Crippen molar-refractivity contribution in [3.8, 4) is 0 Å². The van der Waals surface area contributed by atoms with E-state index in [1.54, 1.807) is 0 Å². The first-order chi connectivity index (χ1) is 10.9. The number of aromatic nitrogens is 2. The third-order valence-electron chi connectivity index (χ3n) is 3.87. The number of carboxylic acid groups (broad SMARTS) is 1. The van der Waals surface area contributed by atoms with E-state index in [1.165, 1.54) is 18.2 Å². The van der Waals surface area contributed by atoms with Crippen LogP contribution in [-0.2, 0) is 6.42 Å². The van der Waals surface area contributed by atoms with Gasteiger partial charge in [-0.05, 0) is 43.2 Å². The molecule has 0 saturated heterocycles. The molecule has 0 fully saturated rings. The van der Waals surface area contributed by atoms with Crippen LogP contribution in [0.25, 0.3) is 10.9 Å². The number of carbonyl (C=O) groups is 1. The SMILES string of the molecule is Cc1ccc(C)c(Cc2nc3cc(C(=O)O)ccc3c(=O)[nH]2)c1. The molecule has 0 atom stereocenters. The van der Waals surface area contributed by atoms with Gasteiger partial charge in [-0.1, -0.05) is 23.8 Å². The summed E-state index contributed by atoms with van der Waals surface area (Å²) in [5, 5.41) is 9.46. The van der Waals surface area contributed by atoms with E-state index in [-0.39, 0.29) is 11.1 Å². The molecule has 23 heavy (non-hydrogen) atoms. The zero-order valence-corrected chi connectivity index (χ0v) is 12.9. The molecule has 2 aromatic carbocycles. The predicted octanol–water partition coefficient (Wildman–Crippen LogP) is 2.83. The lowest BCUT2D eigenvalue weighted by Gasteiger charge is -2.08. The summed E-state index contributed by atoms with van der Waals surface area (Å²) in [5.41, 5.74) is 3.61. The van der Waals surface area contributed by atoms with Gasteiger partial charge in [0.1, 0.15) is 5.82 Å². The maximum Gasteiger partial charge on any atom is 0.335 e. The molecular weight excluding hydrogens is 292 g/mol. The molecule has 3 aromatic rings. The molecule has 5 heteroatoms. The fourth-order valence-corrected chi connectivity index (χ4v) is 2.58. The highest BCUT2D eigenvalue weighted by atomic mass is 16.4. The van der Waals surface area contributed by atoms with Crippen LogP contribution in [0.2, 0.25) is 0 Å². The van der Waals surface area contributed by atoms with E-state index < -0.39 is 5.97 Å². The third-order valence-corrected chi connectivity index (χ3v) is 3.87. The predicted molar refractivity (Wildman–Crippen MR) is 88.0 cm³/mol. The highest BCUT2D eigenvalue weighted by molar-refractivity contribution is 5.92. The average Bonchev–Trinajstić information content (AvgIpc) is 2.50. The minimum Gasteiger partial charge on any atom is -0.478 e. The largest absolute Gasteiger partial charge is 0.478 e. The number of aromatic amines is 1. The number of aromatic carboxylic acids is 1. The smallest absolute Gasteiger partial charge is 0.335 e. The summed E-state index contributed by atoms with van der Waals surface area (Å²) in [6.07, 6.45) is 0.496. The Morgan fingerprint density at radius 1 is 1.17 bits per heavy atom. The molecule has 3 rings (SSSR count). The Balaban J connectivity index is 2.09. The number of carboxylic acids is 1. The summed E-state index contributed by atoms with van der Waals surface area (Å²) in [6.45, 7) is 4.02. The number of nitrogens with one attached hydrogen (secondary N) is 1. The van der Waals surface area contributed by atoms with Crippen molar-refractivity contribution in [2.24, 2.45) is 0 Å². The molecule has 0 spiro atoms. The second-order valence-electron chi connectivity index (χ2n) is 5.66. The molecule has 0 unspecified atom stereocenters. The lowest BCUT2D eigenvalue weighted by Crippen LogP contribution is -2.13. The summed E-state index contributed by atoms with van der Waals surface area (Å²) in [7, 11) is 0. The maximum absolute atomic E-state index is 12.2. The molecular formula is C18H16N2O3. The Morgan fingerprint density at radius 2 is 1.96 bits per heavy atom. The van der Waals surface area contributed by atoms with Gasteiger partial charge in [-0.3, -0.25) is 4.79 Å². The molecule has 0 amide bonds. The van der Waals surface area contributed by atoms with Crippen molar-refractivity contribution in [1.29, 1.82) is 0 Å². The second-order valence-corrected chi connectivity index (χ2v) is 5.66. The molecule has 0 aliphatic rings. The van der Waals surface area contributed by atoms with E-state index in [0.717, 1.165) is 16.7 Å². The van der Waals surface area contributed by atoms with Crippen molar-refractivity contribution < 1.29 is 9.90 Å². The first kappa shape index (κ1) is 15.0. The number of nitrogens with zero attached hydrogens (tertiary/aromatic N) is 1. The van der Waals surface area contributed by atoms with Gasteiger partial charge in [-0.15, -0.1) is 0 Å². The Bertz CT molecular complexity index is 974. The van der Waals surface area contributed by atoms with Gasteiger partial charge >= 0.3 is 5.97 Å². The fraction of sp³-hybridized carbons (Fsp3) is 0.167. The van der Waals surface area contributed by atoms with Gasteiger partial charge in [-0.2, -0.15) is 0 Å². The Kier molecular flexibility index (Phi) is 3.70. The molecule has 116 valence electrons. The number of benzene rings is 2. The fourth-order valence-electron chi connectivity index (χ4n) is 2.58. The van der Waals surface area contributed by atoms with Gasteiger partial charge in [0.2, 0.25) is 0 Å². The quantitative estimate of drug-likeness (QED) is 0.779. The number of aryl methyl sites for hydroxylation is 2. The minimum atomic E-state index is -1.04. The monoisotopic (exact) mass is 308 g/mol. The summed E-state index contributed by atoms with van der Waals surface area (Å²) in [4.78, 5) is 30.5. The number of fused-ring (bicyclic) bond motifs is 1. The van der Waals surface area contributed by atoms with Gasteiger partial charge in [0.15, 0.2) is 0 Å². The number of hydrogen-bond acceptors (Lipinski definition) is 3. The Hall–Kier alpha value is -2.95. The highest BCUT2D eigenvalue weighted by Gasteiger charge is 2.09. The van der Waals surface area contributed by atoms with E-state index >= 15 is 0 Å². The molecule has 1 heterocycles. The zero-order valence-electron chi connectivity index (χ0n) is 12.9. The van der Waals surface area contributed by atoms with Crippen molar-refractivity contribution in [3.05, 3.63) is 74.8 Å². The third kappa shape index (κ3) is 2.99. The van der Waals surface area contributed by atoms with Crippen molar-refractivity contribution in [2.75, 3.05) is 0 Å². The van der Waals surface area contributed by atoms with E-state index in [9.17, 15) is 9.59 Å². The van der Waals surface area contributed by atoms with Crippen LogP contribution in [0.1, 0.15) is 32.9 Å². The summed E-state index contributed by atoms with van der Waals surface area (Å²) in [5.74, 6) is -0.510. The lowest BCUT2D eigenvalue weighted by atomic mass is 10.0. The minimum absolute atomic E-state index is 0.119. The van der Waals surface area contributed by atoms with E-state index in [0.29, 0.717) is 23.1 Å². The molecule has 0 bridgehead atoms. The second kappa shape index (κ2) is 5.68. The molecule has 5 nitrogen and oxygen atoms in total. The summed E-state index contributed by atoms with van der Waals surface area (Å²) >= 11 is 0. The Morgan fingerprint density at radius 3 is 2.70 bits per heavy atom. The van der Waals surface area contributed by atoms with E-state index in [4.69, 9.17) is 5.11 Å². The first-order valence-electron chi connectivity index (χ1n) is 7.26. The van der Waals surface area contributed by atoms with Gasteiger partial charge < -0.3 is 10.1 Å². The van der Waals surface area contributed by atoms with Crippen LogP contribution in [0.3, 0.4) is 0 Å². The van der Waals surface area contributed by atoms with Gasteiger partial charge in [0.05, 0.1) is 16.5 Å². The molecule has 0 aliphatic carbocycles. The molecule has 1 aromatic heterocycles. The maximum atomic E-state index is 12.2. The van der Waals surface area contributed by atoms with Gasteiger partial charge in [-0.25, -0.2) is 9.78 Å². The number of hydrogen-bond donors (Lipinski definition) is 2. The molecule has 0 radical (unpaired) electrons. The van der Waals surface area contributed by atoms with Crippen LogP contribution >= 0.6 is 0 Å². The van der Waals surface area contributed by atoms with Gasteiger partial charge in [0, 0.05) is 6.42 Å². The first-order valence-corrected chi connectivity index (χ1v) is 7.26. The number of rotatable bonds is 3. The van der Waals surface area contributed by atoms with Gasteiger partial charge in [0.25, 0.3) is 5.56 Å². The topological polar surface area (TPSA) is 83.0 Å². The number of H-pyrrole nitrogens is 1. The normalized spacial score (nSPS) is 10.9. The van der Waals surface area contributed by atoms with Crippen LogP contribution in [-0.4, -0.2) is 21.0 Å². The van der Waals surface area contributed by atoms with Crippen molar-refractivity contribution >= 4 is 16.9 Å². The van der Waals surface area contributed by atoms with Crippen LogP contribution in [0.5, 0.6) is 0 Å².